The Morgan fingerprint density at radius 3 is 2.56 bits per heavy atom. The van der Waals surface area contributed by atoms with Crippen LogP contribution in [-0.2, 0) is 12.7 Å². The minimum atomic E-state index is -4.37. The van der Waals surface area contributed by atoms with Crippen LogP contribution in [0.15, 0.2) is 29.0 Å². The summed E-state index contributed by atoms with van der Waals surface area (Å²) >= 11 is 3.09. The molecule has 0 saturated carbocycles. The Kier molecular flexibility index (Phi) is 3.40. The van der Waals surface area contributed by atoms with Crippen molar-refractivity contribution in [3.05, 3.63) is 40.4 Å². The fourth-order valence-electron chi connectivity index (χ4n) is 1.38. The van der Waals surface area contributed by atoms with Gasteiger partial charge < -0.3 is 5.73 Å². The zero-order chi connectivity index (χ0) is 13.3. The lowest BCUT2D eigenvalue weighted by Gasteiger charge is -2.09. The van der Waals surface area contributed by atoms with Gasteiger partial charge in [0.15, 0.2) is 5.82 Å². The van der Waals surface area contributed by atoms with E-state index in [2.05, 4.69) is 26.0 Å². The zero-order valence-electron chi connectivity index (χ0n) is 8.95. The van der Waals surface area contributed by atoms with E-state index in [0.29, 0.717) is 11.5 Å². The Morgan fingerprint density at radius 1 is 1.33 bits per heavy atom. The van der Waals surface area contributed by atoms with Crippen molar-refractivity contribution >= 4 is 15.9 Å². The zero-order valence-corrected chi connectivity index (χ0v) is 10.5. The molecule has 18 heavy (non-hydrogen) atoms. The molecule has 1 aromatic heterocycles. The van der Waals surface area contributed by atoms with Gasteiger partial charge in [0.2, 0.25) is 0 Å². The van der Waals surface area contributed by atoms with Gasteiger partial charge in [-0.2, -0.15) is 13.2 Å². The molecule has 0 atom stereocenters. The van der Waals surface area contributed by atoms with E-state index in [-0.39, 0.29) is 11.0 Å². The number of benzene rings is 1. The van der Waals surface area contributed by atoms with E-state index in [1.54, 1.807) is 0 Å². The van der Waals surface area contributed by atoms with Crippen molar-refractivity contribution < 1.29 is 13.2 Å². The van der Waals surface area contributed by atoms with Crippen molar-refractivity contribution in [2.24, 2.45) is 5.73 Å². The summed E-state index contributed by atoms with van der Waals surface area (Å²) in [5.41, 5.74) is 5.10. The van der Waals surface area contributed by atoms with Crippen molar-refractivity contribution in [2.45, 2.75) is 12.7 Å². The highest BCUT2D eigenvalue weighted by Crippen LogP contribution is 2.33. The molecule has 0 aliphatic carbocycles. The molecule has 2 N–H and O–H groups in total. The van der Waals surface area contributed by atoms with Crippen LogP contribution >= 0.6 is 15.9 Å². The normalized spacial score (nSPS) is 11.8. The molecule has 1 aromatic carbocycles. The minimum absolute atomic E-state index is 0.172. The lowest BCUT2D eigenvalue weighted by atomic mass is 10.2. The molecule has 0 spiro atoms. The predicted molar refractivity (Wildman–Crippen MR) is 62.0 cm³/mol. The van der Waals surface area contributed by atoms with Crippen LogP contribution in [0.4, 0.5) is 13.2 Å². The average Bonchev–Trinajstić information content (AvgIpc) is 2.76. The van der Waals surface area contributed by atoms with E-state index in [9.17, 15) is 13.2 Å². The lowest BCUT2D eigenvalue weighted by Crippen LogP contribution is -2.06. The van der Waals surface area contributed by atoms with Gasteiger partial charge in [-0.1, -0.05) is 0 Å². The first kappa shape index (κ1) is 13.0. The number of hydrogen-bond acceptors (Lipinski definition) is 3. The van der Waals surface area contributed by atoms with Crippen LogP contribution in [-0.4, -0.2) is 14.8 Å². The van der Waals surface area contributed by atoms with Gasteiger partial charge in [0.05, 0.1) is 17.8 Å². The van der Waals surface area contributed by atoms with E-state index in [1.165, 1.54) is 17.1 Å². The maximum atomic E-state index is 12.5. The molecule has 0 aliphatic rings. The summed E-state index contributed by atoms with van der Waals surface area (Å²) in [5, 5.41) is 4.02. The molecule has 2 aromatic rings. The Bertz CT molecular complexity index is 564. The highest BCUT2D eigenvalue weighted by Gasteiger charge is 2.30. The van der Waals surface area contributed by atoms with Crippen molar-refractivity contribution in [2.75, 3.05) is 0 Å². The maximum absolute atomic E-state index is 12.5. The highest BCUT2D eigenvalue weighted by atomic mass is 79.9. The first-order chi connectivity index (χ1) is 8.41. The van der Waals surface area contributed by atoms with Gasteiger partial charge in [-0.3, -0.25) is 0 Å². The molecule has 8 heteroatoms. The van der Waals surface area contributed by atoms with Crippen LogP contribution in [0.3, 0.4) is 0 Å². The largest absolute Gasteiger partial charge is 0.416 e. The molecular formula is C10H8BrF3N4. The molecule has 0 aliphatic heterocycles. The van der Waals surface area contributed by atoms with E-state index in [4.69, 9.17) is 5.73 Å². The fraction of sp³-hybridized carbons (Fsp3) is 0.200. The number of halogens is 4. The van der Waals surface area contributed by atoms with Crippen LogP contribution in [0.5, 0.6) is 0 Å². The van der Waals surface area contributed by atoms with Gasteiger partial charge in [0.25, 0.3) is 0 Å². The third kappa shape index (κ3) is 2.54. The smallest absolute Gasteiger partial charge is 0.324 e. The highest BCUT2D eigenvalue weighted by molar-refractivity contribution is 9.10. The van der Waals surface area contributed by atoms with Crippen LogP contribution in [0.2, 0.25) is 0 Å². The van der Waals surface area contributed by atoms with Gasteiger partial charge in [-0.25, -0.2) is 9.67 Å². The maximum Gasteiger partial charge on any atom is 0.416 e. The second kappa shape index (κ2) is 4.69. The molecule has 0 amide bonds. The second-order valence-electron chi connectivity index (χ2n) is 3.47. The standard InChI is InChI=1S/C10H8BrF3N4/c11-7-3-6(10(12,13)14)1-2-8(7)18-5-16-9(4-15)17-18/h1-3,5H,4,15H2. The third-order valence-electron chi connectivity index (χ3n) is 2.24. The Morgan fingerprint density at radius 2 is 2.06 bits per heavy atom. The van der Waals surface area contributed by atoms with Gasteiger partial charge in [0.1, 0.15) is 6.33 Å². The number of aromatic nitrogens is 3. The van der Waals surface area contributed by atoms with Crippen LogP contribution in [0.25, 0.3) is 5.69 Å². The molecule has 0 bridgehead atoms. The van der Waals surface area contributed by atoms with E-state index >= 15 is 0 Å². The number of nitrogens with two attached hydrogens (primary N) is 1. The monoisotopic (exact) mass is 320 g/mol. The average molecular weight is 321 g/mol. The summed E-state index contributed by atoms with van der Waals surface area (Å²) < 4.78 is 39.1. The molecule has 0 fully saturated rings. The van der Waals surface area contributed by atoms with Crippen molar-refractivity contribution in [1.82, 2.24) is 14.8 Å². The number of alkyl halides is 3. The van der Waals surface area contributed by atoms with Crippen LogP contribution in [0.1, 0.15) is 11.4 Å². The SMILES string of the molecule is NCc1ncn(-c2ccc(C(F)(F)F)cc2Br)n1. The topological polar surface area (TPSA) is 56.7 Å². The Hall–Kier alpha value is -1.41. The first-order valence-corrected chi connectivity index (χ1v) is 5.69. The summed E-state index contributed by atoms with van der Waals surface area (Å²) in [7, 11) is 0. The number of rotatable bonds is 2. The summed E-state index contributed by atoms with van der Waals surface area (Å²) in [4.78, 5) is 3.91. The second-order valence-corrected chi connectivity index (χ2v) is 4.33. The molecule has 96 valence electrons. The summed E-state index contributed by atoms with van der Waals surface area (Å²) in [6.45, 7) is 0.172. The Labute approximate surface area is 109 Å². The molecule has 0 saturated heterocycles. The summed E-state index contributed by atoms with van der Waals surface area (Å²) in [6, 6.07) is 3.31. The molecule has 4 nitrogen and oxygen atoms in total. The van der Waals surface area contributed by atoms with Gasteiger partial charge in [-0.15, -0.1) is 5.10 Å². The quantitative estimate of drug-likeness (QED) is 0.925. The van der Waals surface area contributed by atoms with E-state index < -0.39 is 11.7 Å². The van der Waals surface area contributed by atoms with Crippen molar-refractivity contribution in [3.8, 4) is 5.69 Å². The molecular weight excluding hydrogens is 313 g/mol. The van der Waals surface area contributed by atoms with Crippen LogP contribution in [0, 0.1) is 0 Å². The molecule has 0 radical (unpaired) electrons. The molecule has 2 rings (SSSR count). The van der Waals surface area contributed by atoms with E-state index in [1.807, 2.05) is 0 Å². The third-order valence-corrected chi connectivity index (χ3v) is 2.88. The number of nitrogens with zero attached hydrogens (tertiary/aromatic N) is 3. The van der Waals surface area contributed by atoms with Crippen molar-refractivity contribution in [3.63, 3.8) is 0 Å². The van der Waals surface area contributed by atoms with Gasteiger partial charge in [0, 0.05) is 4.47 Å². The van der Waals surface area contributed by atoms with Gasteiger partial charge >= 0.3 is 6.18 Å². The first-order valence-electron chi connectivity index (χ1n) is 4.89. The number of hydrogen-bond donors (Lipinski definition) is 1. The fourth-order valence-corrected chi connectivity index (χ4v) is 1.94. The minimum Gasteiger partial charge on any atom is -0.324 e. The summed E-state index contributed by atoms with van der Waals surface area (Å²) in [5.74, 6) is 0.418. The van der Waals surface area contributed by atoms with Crippen LogP contribution < -0.4 is 5.73 Å². The molecule has 0 unspecified atom stereocenters. The Balaban J connectivity index is 2.41. The predicted octanol–water partition coefficient (Wildman–Crippen LogP) is 2.51. The van der Waals surface area contributed by atoms with E-state index in [0.717, 1.165) is 12.1 Å². The van der Waals surface area contributed by atoms with Gasteiger partial charge in [-0.05, 0) is 34.1 Å². The van der Waals surface area contributed by atoms with Crippen molar-refractivity contribution in [1.29, 1.82) is 0 Å². The lowest BCUT2D eigenvalue weighted by molar-refractivity contribution is -0.137. The molecule has 1 heterocycles. The summed E-state index contributed by atoms with van der Waals surface area (Å²) in [6.07, 6.45) is -2.97.